The van der Waals surface area contributed by atoms with Gasteiger partial charge in [-0.15, -0.1) is 0 Å². The molecular formula is C14H19N. The van der Waals surface area contributed by atoms with E-state index >= 15 is 0 Å². The second kappa shape index (κ2) is 3.64. The van der Waals surface area contributed by atoms with Gasteiger partial charge in [-0.1, -0.05) is 12.1 Å². The molecule has 0 radical (unpaired) electrons. The van der Waals surface area contributed by atoms with Crippen LogP contribution in [-0.2, 0) is 19.3 Å². The van der Waals surface area contributed by atoms with Gasteiger partial charge in [0.2, 0.25) is 0 Å². The van der Waals surface area contributed by atoms with Gasteiger partial charge in [0.05, 0.1) is 0 Å². The lowest BCUT2D eigenvalue weighted by Crippen LogP contribution is -2.21. The number of benzene rings is 1. The average Bonchev–Trinajstić information content (AvgIpc) is 2.72. The SMILES string of the molecule is CNC1CCCc2cc3c(cc21)CCC3. The molecule has 0 heterocycles. The first-order chi connectivity index (χ1) is 7.38. The maximum absolute atomic E-state index is 3.45. The van der Waals surface area contributed by atoms with Gasteiger partial charge in [0.1, 0.15) is 0 Å². The zero-order valence-electron chi connectivity index (χ0n) is 9.47. The first-order valence-electron chi connectivity index (χ1n) is 6.20. The van der Waals surface area contributed by atoms with Crippen LogP contribution >= 0.6 is 0 Å². The van der Waals surface area contributed by atoms with E-state index in [9.17, 15) is 0 Å². The molecule has 1 atom stereocenters. The summed E-state index contributed by atoms with van der Waals surface area (Å²) in [5.41, 5.74) is 6.45. The van der Waals surface area contributed by atoms with Gasteiger partial charge in [0, 0.05) is 6.04 Å². The Morgan fingerprint density at radius 3 is 2.53 bits per heavy atom. The molecule has 15 heavy (non-hydrogen) atoms. The smallest absolute Gasteiger partial charge is 0.0320 e. The van der Waals surface area contributed by atoms with Crippen molar-refractivity contribution < 1.29 is 0 Å². The highest BCUT2D eigenvalue weighted by Gasteiger charge is 2.22. The van der Waals surface area contributed by atoms with Crippen LogP contribution in [0, 0.1) is 0 Å². The lowest BCUT2D eigenvalue weighted by Gasteiger charge is -2.26. The molecule has 0 aromatic heterocycles. The van der Waals surface area contributed by atoms with E-state index < -0.39 is 0 Å². The van der Waals surface area contributed by atoms with Crippen molar-refractivity contribution in [1.29, 1.82) is 0 Å². The summed E-state index contributed by atoms with van der Waals surface area (Å²) in [5, 5.41) is 3.45. The van der Waals surface area contributed by atoms with Gasteiger partial charge in [0.25, 0.3) is 0 Å². The van der Waals surface area contributed by atoms with E-state index in [-0.39, 0.29) is 0 Å². The van der Waals surface area contributed by atoms with Gasteiger partial charge < -0.3 is 5.32 Å². The average molecular weight is 201 g/mol. The Balaban J connectivity index is 2.08. The van der Waals surface area contributed by atoms with Crippen molar-refractivity contribution in [3.05, 3.63) is 34.4 Å². The van der Waals surface area contributed by atoms with Crippen LogP contribution in [0.25, 0.3) is 0 Å². The summed E-state index contributed by atoms with van der Waals surface area (Å²) in [7, 11) is 2.09. The summed E-state index contributed by atoms with van der Waals surface area (Å²) >= 11 is 0. The third kappa shape index (κ3) is 1.50. The Morgan fingerprint density at radius 2 is 1.73 bits per heavy atom. The van der Waals surface area contributed by atoms with Gasteiger partial charge in [0.15, 0.2) is 0 Å². The third-order valence-corrected chi connectivity index (χ3v) is 4.02. The van der Waals surface area contributed by atoms with E-state index in [1.807, 2.05) is 0 Å². The van der Waals surface area contributed by atoms with Gasteiger partial charge in [-0.3, -0.25) is 0 Å². The Kier molecular flexibility index (Phi) is 2.28. The van der Waals surface area contributed by atoms with E-state index in [2.05, 4.69) is 24.5 Å². The summed E-state index contributed by atoms with van der Waals surface area (Å²) in [6, 6.07) is 5.58. The van der Waals surface area contributed by atoms with Crippen molar-refractivity contribution in [2.45, 2.75) is 44.6 Å². The first-order valence-corrected chi connectivity index (χ1v) is 6.20. The number of aryl methyl sites for hydroxylation is 3. The number of nitrogens with one attached hydrogen (secondary N) is 1. The molecule has 0 amide bonds. The fraction of sp³-hybridized carbons (Fsp3) is 0.571. The summed E-state index contributed by atoms with van der Waals surface area (Å²) in [5.74, 6) is 0. The van der Waals surface area contributed by atoms with Crippen molar-refractivity contribution in [3.63, 3.8) is 0 Å². The highest BCUT2D eigenvalue weighted by atomic mass is 14.9. The van der Waals surface area contributed by atoms with Crippen LogP contribution in [-0.4, -0.2) is 7.05 Å². The molecule has 0 aliphatic heterocycles. The van der Waals surface area contributed by atoms with Gasteiger partial charge in [-0.2, -0.15) is 0 Å². The lowest BCUT2D eigenvalue weighted by atomic mass is 9.85. The highest BCUT2D eigenvalue weighted by molar-refractivity contribution is 5.43. The van der Waals surface area contributed by atoms with Gasteiger partial charge >= 0.3 is 0 Å². The molecule has 0 spiro atoms. The minimum atomic E-state index is 0.611. The second-order valence-electron chi connectivity index (χ2n) is 4.91. The molecule has 1 nitrogen and oxygen atoms in total. The molecule has 1 aromatic carbocycles. The van der Waals surface area contributed by atoms with E-state index in [0.717, 1.165) is 0 Å². The molecule has 2 aliphatic carbocycles. The normalized spacial score (nSPS) is 23.7. The first kappa shape index (κ1) is 9.41. The fourth-order valence-corrected chi connectivity index (χ4v) is 3.19. The van der Waals surface area contributed by atoms with Crippen LogP contribution < -0.4 is 5.32 Å². The fourth-order valence-electron chi connectivity index (χ4n) is 3.19. The van der Waals surface area contributed by atoms with Crippen LogP contribution in [0.3, 0.4) is 0 Å². The molecule has 0 saturated carbocycles. The molecule has 1 aromatic rings. The molecule has 1 heteroatoms. The Hall–Kier alpha value is -0.820. The number of hydrogen-bond donors (Lipinski definition) is 1. The molecule has 2 aliphatic rings. The maximum Gasteiger partial charge on any atom is 0.0320 e. The van der Waals surface area contributed by atoms with Crippen LogP contribution in [0.1, 0.15) is 47.6 Å². The molecule has 0 saturated heterocycles. The molecule has 1 N–H and O–H groups in total. The van der Waals surface area contributed by atoms with Crippen molar-refractivity contribution in [2.24, 2.45) is 0 Å². The molecule has 1 unspecified atom stereocenters. The monoisotopic (exact) mass is 201 g/mol. The topological polar surface area (TPSA) is 12.0 Å². The maximum atomic E-state index is 3.45. The summed E-state index contributed by atoms with van der Waals surface area (Å²) < 4.78 is 0. The summed E-state index contributed by atoms with van der Waals surface area (Å²) in [6.07, 6.45) is 7.93. The van der Waals surface area contributed by atoms with E-state index in [1.165, 1.54) is 38.5 Å². The predicted molar refractivity (Wildman–Crippen MR) is 63.2 cm³/mol. The van der Waals surface area contributed by atoms with Crippen LogP contribution in [0.5, 0.6) is 0 Å². The molecule has 0 bridgehead atoms. The molecule has 0 fully saturated rings. The largest absolute Gasteiger partial charge is 0.313 e. The Bertz CT molecular complexity index is 381. The van der Waals surface area contributed by atoms with E-state index in [4.69, 9.17) is 0 Å². The van der Waals surface area contributed by atoms with Crippen molar-refractivity contribution >= 4 is 0 Å². The number of hydrogen-bond acceptors (Lipinski definition) is 1. The van der Waals surface area contributed by atoms with Gasteiger partial charge in [-0.25, -0.2) is 0 Å². The Morgan fingerprint density at radius 1 is 1.00 bits per heavy atom. The van der Waals surface area contributed by atoms with E-state index in [1.54, 1.807) is 22.3 Å². The van der Waals surface area contributed by atoms with Crippen molar-refractivity contribution in [1.82, 2.24) is 5.32 Å². The van der Waals surface area contributed by atoms with Gasteiger partial charge in [-0.05, 0) is 67.8 Å². The number of rotatable bonds is 1. The van der Waals surface area contributed by atoms with Crippen LogP contribution in [0.15, 0.2) is 12.1 Å². The lowest BCUT2D eigenvalue weighted by molar-refractivity contribution is 0.496. The van der Waals surface area contributed by atoms with Crippen LogP contribution in [0.2, 0.25) is 0 Å². The predicted octanol–water partition coefficient (Wildman–Crippen LogP) is 2.77. The van der Waals surface area contributed by atoms with E-state index in [0.29, 0.717) is 6.04 Å². The summed E-state index contributed by atoms with van der Waals surface area (Å²) in [4.78, 5) is 0. The standard InChI is InChI=1S/C14H19N/c1-15-14-7-3-6-12-8-10-4-2-5-11(10)9-13(12)14/h8-9,14-15H,2-7H2,1H3. The molecule has 80 valence electrons. The minimum Gasteiger partial charge on any atom is -0.313 e. The van der Waals surface area contributed by atoms with Crippen molar-refractivity contribution in [3.8, 4) is 0 Å². The summed E-state index contributed by atoms with van der Waals surface area (Å²) in [6.45, 7) is 0. The van der Waals surface area contributed by atoms with Crippen molar-refractivity contribution in [2.75, 3.05) is 7.05 Å². The highest BCUT2D eigenvalue weighted by Crippen LogP contribution is 2.34. The minimum absolute atomic E-state index is 0.611. The second-order valence-corrected chi connectivity index (χ2v) is 4.91. The molecular weight excluding hydrogens is 182 g/mol. The third-order valence-electron chi connectivity index (χ3n) is 4.02. The van der Waals surface area contributed by atoms with Crippen LogP contribution in [0.4, 0.5) is 0 Å². The Labute approximate surface area is 91.9 Å². The molecule has 3 rings (SSSR count). The quantitative estimate of drug-likeness (QED) is 0.736. The zero-order chi connectivity index (χ0) is 10.3. The number of fused-ring (bicyclic) bond motifs is 2. The zero-order valence-corrected chi connectivity index (χ0v) is 9.47.